The minimum Gasteiger partial charge on any atom is -0.508 e. The van der Waals surface area contributed by atoms with Gasteiger partial charge >= 0.3 is 0 Å². The maximum atomic E-state index is 10.9. The highest BCUT2D eigenvalue weighted by molar-refractivity contribution is 5.41. The Balaban J connectivity index is 1.30. The summed E-state index contributed by atoms with van der Waals surface area (Å²) in [5.74, 6) is 10.8. The molecular formula is C39H55NO3. The van der Waals surface area contributed by atoms with Crippen molar-refractivity contribution in [1.82, 2.24) is 0 Å². The molecule has 9 rings (SSSR count). The lowest BCUT2D eigenvalue weighted by atomic mass is 9.33. The molecule has 7 bridgehead atoms. The second-order valence-electron chi connectivity index (χ2n) is 17.6. The molecular weight excluding hydrogens is 530 g/mol. The van der Waals surface area contributed by atoms with Crippen LogP contribution in [0.4, 0.5) is 0 Å². The van der Waals surface area contributed by atoms with E-state index in [1.807, 2.05) is 12.1 Å². The largest absolute Gasteiger partial charge is 0.508 e. The van der Waals surface area contributed by atoms with Crippen LogP contribution in [-0.2, 0) is 17.6 Å². The summed E-state index contributed by atoms with van der Waals surface area (Å²) in [6.07, 6.45) is 17.8. The average Bonchev–Trinajstić information content (AvgIpc) is 3.30. The Kier molecular flexibility index (Phi) is 6.54. The van der Waals surface area contributed by atoms with Crippen molar-refractivity contribution < 1.29 is 14.9 Å². The number of phenols is 1. The van der Waals surface area contributed by atoms with Gasteiger partial charge < -0.3 is 20.7 Å². The number of aliphatic hydroxyl groups excluding tert-OH is 1. The lowest BCUT2D eigenvalue weighted by Gasteiger charge is -2.79. The summed E-state index contributed by atoms with van der Waals surface area (Å²) in [4.78, 5) is 0. The number of ether oxygens (including phenoxy) is 1. The van der Waals surface area contributed by atoms with Crippen LogP contribution in [-0.4, -0.2) is 33.6 Å². The maximum absolute atomic E-state index is 10.9. The van der Waals surface area contributed by atoms with Gasteiger partial charge in [0.05, 0.1) is 17.1 Å². The first-order valence-corrected chi connectivity index (χ1v) is 17.9. The average molecular weight is 586 g/mol. The molecule has 2 aliphatic heterocycles. The molecule has 2 spiro atoms. The number of fused-ring (bicyclic) bond motifs is 3. The molecule has 5 saturated carbocycles. The number of hydrogen-bond acceptors (Lipinski definition) is 4. The number of phenolic OH excluding ortho intramolecular Hbond substituents is 1. The van der Waals surface area contributed by atoms with E-state index >= 15 is 0 Å². The minimum atomic E-state index is -0.530. The quantitative estimate of drug-likeness (QED) is 0.329. The summed E-state index contributed by atoms with van der Waals surface area (Å²) in [5, 5.41) is 21.4. The number of hydrogen-bond donors (Lipinski definition) is 3. The Morgan fingerprint density at radius 2 is 1.93 bits per heavy atom. The van der Waals surface area contributed by atoms with Crippen LogP contribution >= 0.6 is 0 Å². The number of nitrogens with two attached hydrogens (primary N) is 1. The Bertz CT molecular complexity index is 1350. The molecule has 0 unspecified atom stereocenters. The van der Waals surface area contributed by atoms with Crippen molar-refractivity contribution in [2.45, 2.75) is 134 Å². The number of benzene rings is 1. The highest BCUT2D eigenvalue weighted by Gasteiger charge is 2.80. The van der Waals surface area contributed by atoms with E-state index in [1.54, 1.807) is 0 Å². The van der Waals surface area contributed by atoms with Crippen molar-refractivity contribution in [3.63, 3.8) is 0 Å². The Labute approximate surface area is 259 Å². The Morgan fingerprint density at radius 3 is 2.74 bits per heavy atom. The van der Waals surface area contributed by atoms with Gasteiger partial charge in [-0.2, -0.15) is 0 Å². The van der Waals surface area contributed by atoms with Gasteiger partial charge in [-0.25, -0.2) is 0 Å². The van der Waals surface area contributed by atoms with E-state index in [9.17, 15) is 10.2 Å². The van der Waals surface area contributed by atoms with Gasteiger partial charge in [0.2, 0.25) is 0 Å². The molecule has 4 N–H and O–H groups in total. The van der Waals surface area contributed by atoms with Crippen molar-refractivity contribution in [2.75, 3.05) is 6.61 Å². The summed E-state index contributed by atoms with van der Waals surface area (Å²) < 4.78 is 7.77. The molecule has 0 aromatic heterocycles. The molecule has 0 radical (unpaired) electrons. The number of aliphatic hydroxyl groups is 1. The first kappa shape index (κ1) is 28.9. The van der Waals surface area contributed by atoms with E-state index in [4.69, 9.17) is 10.5 Å². The molecule has 2 heterocycles. The van der Waals surface area contributed by atoms with E-state index in [1.165, 1.54) is 75.3 Å². The van der Waals surface area contributed by atoms with E-state index in [-0.39, 0.29) is 41.0 Å². The highest BCUT2D eigenvalue weighted by atomic mass is 16.5. The molecule has 4 nitrogen and oxygen atoms in total. The molecule has 43 heavy (non-hydrogen) atoms. The standard InChI is InChI=1S/C39H55NO3/c1-25(2)16-26-10-14-36(20-26)21-27-17-29-8-9-32(42)19-28(29)6-4-7-33-38(31(18-27)22-36)24-37-13-5-12-35(3,43-38)34(37)39(33,40)30(23-41)11-15-37/h8-9,19,25-27,30-31,33-34,41-42H,5-6,10-18,20-24,40H2,1-3H3/t26-,27+,30-,31+,33+,34-,35-,36+,37+,38+,39-/m1/s1. The lowest BCUT2D eigenvalue weighted by Crippen LogP contribution is -2.86. The molecule has 0 amide bonds. The zero-order valence-corrected chi connectivity index (χ0v) is 27.0. The van der Waals surface area contributed by atoms with E-state index < -0.39 is 5.54 Å². The first-order valence-electron chi connectivity index (χ1n) is 17.9. The third-order valence-corrected chi connectivity index (χ3v) is 14.6. The molecule has 11 atom stereocenters. The highest BCUT2D eigenvalue weighted by Crippen LogP contribution is 2.76. The van der Waals surface area contributed by atoms with Gasteiger partial charge in [-0.3, -0.25) is 0 Å². The zero-order chi connectivity index (χ0) is 29.8. The van der Waals surface area contributed by atoms with Crippen LogP contribution in [0.15, 0.2) is 18.2 Å². The van der Waals surface area contributed by atoms with E-state index in [2.05, 4.69) is 38.7 Å². The first-order chi connectivity index (χ1) is 20.5. The van der Waals surface area contributed by atoms with Gasteiger partial charge in [-0.05, 0) is 148 Å². The van der Waals surface area contributed by atoms with Crippen LogP contribution < -0.4 is 5.73 Å². The van der Waals surface area contributed by atoms with Crippen LogP contribution in [0.3, 0.4) is 0 Å². The molecule has 6 aliphatic carbocycles. The van der Waals surface area contributed by atoms with Crippen molar-refractivity contribution in [3.8, 4) is 17.6 Å². The minimum absolute atomic E-state index is 0.0609. The van der Waals surface area contributed by atoms with Crippen molar-refractivity contribution in [1.29, 1.82) is 0 Å². The summed E-state index contributed by atoms with van der Waals surface area (Å²) in [7, 11) is 0. The number of rotatable bonds is 3. The third-order valence-electron chi connectivity index (χ3n) is 14.6. The Morgan fingerprint density at radius 1 is 1.07 bits per heavy atom. The molecule has 234 valence electrons. The fraction of sp³-hybridized carbons (Fsp3) is 0.795. The van der Waals surface area contributed by atoms with Gasteiger partial charge in [0.1, 0.15) is 5.75 Å². The molecule has 2 saturated heterocycles. The second-order valence-corrected chi connectivity index (χ2v) is 17.6. The van der Waals surface area contributed by atoms with Gasteiger partial charge in [0.15, 0.2) is 0 Å². The molecule has 7 fully saturated rings. The summed E-state index contributed by atoms with van der Waals surface area (Å²) in [6.45, 7) is 7.35. The zero-order valence-electron chi connectivity index (χ0n) is 27.0. The van der Waals surface area contributed by atoms with Crippen LogP contribution in [0.1, 0.15) is 115 Å². The number of aromatic hydroxyl groups is 1. The fourth-order valence-corrected chi connectivity index (χ4v) is 13.8. The van der Waals surface area contributed by atoms with Crippen molar-refractivity contribution in [3.05, 3.63) is 29.3 Å². The van der Waals surface area contributed by atoms with Crippen LogP contribution in [0.2, 0.25) is 0 Å². The van der Waals surface area contributed by atoms with Crippen molar-refractivity contribution >= 4 is 0 Å². The SMILES string of the molecule is CC(C)C[C@H]1CC[C@]2(C1)C[C@H]1Cc3ccc(O)cc3CC#C[C@H]3[C@]4(C[C@@]56CCC[C@@](C)(O4)[C@H]5[C@@]3(N)[C@@H](CO)CC6)[C@@H](C1)C2. The maximum Gasteiger partial charge on any atom is 0.115 e. The smallest absolute Gasteiger partial charge is 0.115 e. The van der Waals surface area contributed by atoms with Gasteiger partial charge in [0.25, 0.3) is 0 Å². The van der Waals surface area contributed by atoms with Gasteiger partial charge in [0, 0.05) is 30.4 Å². The second kappa shape index (κ2) is 9.73. The summed E-state index contributed by atoms with van der Waals surface area (Å²) in [6, 6.07) is 6.01. The predicted octanol–water partition coefficient (Wildman–Crippen LogP) is 7.18. The van der Waals surface area contributed by atoms with Crippen LogP contribution in [0.25, 0.3) is 0 Å². The molecule has 8 aliphatic rings. The third kappa shape index (κ3) is 4.12. The summed E-state index contributed by atoms with van der Waals surface area (Å²) in [5.41, 5.74) is 9.97. The van der Waals surface area contributed by atoms with Gasteiger partial charge in [-0.1, -0.05) is 38.2 Å². The lowest BCUT2D eigenvalue weighted by molar-refractivity contribution is -0.383. The van der Waals surface area contributed by atoms with Gasteiger partial charge in [-0.15, -0.1) is 0 Å². The predicted molar refractivity (Wildman–Crippen MR) is 170 cm³/mol. The van der Waals surface area contributed by atoms with Crippen LogP contribution in [0.5, 0.6) is 5.75 Å². The fourth-order valence-electron chi connectivity index (χ4n) is 13.8. The monoisotopic (exact) mass is 585 g/mol. The normalized spacial score (nSPS) is 49.5. The van der Waals surface area contributed by atoms with Crippen molar-refractivity contribution in [2.24, 2.45) is 58.0 Å². The van der Waals surface area contributed by atoms with E-state index in [0.29, 0.717) is 29.4 Å². The summed E-state index contributed by atoms with van der Waals surface area (Å²) >= 11 is 0. The molecule has 4 heteroatoms. The van der Waals surface area contributed by atoms with E-state index in [0.717, 1.165) is 37.5 Å². The molecule has 1 aromatic carbocycles. The topological polar surface area (TPSA) is 75.7 Å². The molecule has 1 aromatic rings. The van der Waals surface area contributed by atoms with Crippen LogP contribution in [0, 0.1) is 64.1 Å². The Hall–Kier alpha value is -1.54.